The summed E-state index contributed by atoms with van der Waals surface area (Å²) >= 11 is 0. The summed E-state index contributed by atoms with van der Waals surface area (Å²) in [7, 11) is 0. The van der Waals surface area contributed by atoms with Crippen LogP contribution in [-0.2, 0) is 9.53 Å². The number of ether oxygens (including phenoxy) is 1. The summed E-state index contributed by atoms with van der Waals surface area (Å²) in [6.45, 7) is 9.96. The molecule has 1 saturated heterocycles. The Hall–Kier alpha value is -0.610. The first-order valence-corrected chi connectivity index (χ1v) is 5.97. The van der Waals surface area contributed by atoms with Crippen LogP contribution in [-0.4, -0.2) is 42.1 Å². The van der Waals surface area contributed by atoms with E-state index < -0.39 is 0 Å². The minimum absolute atomic E-state index is 0.104. The molecule has 0 radical (unpaired) electrons. The Morgan fingerprint density at radius 3 is 2.69 bits per heavy atom. The highest BCUT2D eigenvalue weighted by Gasteiger charge is 2.28. The van der Waals surface area contributed by atoms with E-state index in [1.807, 2.05) is 32.6 Å². The lowest BCUT2D eigenvalue weighted by Gasteiger charge is -2.35. The maximum Gasteiger partial charge on any atom is 0.223 e. The monoisotopic (exact) mass is 228 g/mol. The van der Waals surface area contributed by atoms with Crippen molar-refractivity contribution in [3.8, 4) is 0 Å². The maximum absolute atomic E-state index is 11.7. The number of hydrogen-bond donors (Lipinski definition) is 1. The maximum atomic E-state index is 11.7. The average Bonchev–Trinajstić information content (AvgIpc) is 2.11. The number of piperidine rings is 1. The molecule has 1 fully saturated rings. The van der Waals surface area contributed by atoms with Gasteiger partial charge in [0.15, 0.2) is 0 Å². The molecule has 0 aromatic rings. The third-order valence-corrected chi connectivity index (χ3v) is 2.91. The van der Waals surface area contributed by atoms with E-state index in [-0.39, 0.29) is 17.6 Å². The van der Waals surface area contributed by atoms with E-state index in [1.54, 1.807) is 0 Å². The normalized spacial score (nSPS) is 27.3. The van der Waals surface area contributed by atoms with E-state index in [0.717, 1.165) is 0 Å². The largest absolute Gasteiger partial charge is 0.374 e. The summed E-state index contributed by atoms with van der Waals surface area (Å²) in [6.07, 6.45) is 0.566. The molecular formula is C12H24N2O2. The van der Waals surface area contributed by atoms with E-state index in [1.165, 1.54) is 0 Å². The molecule has 2 N–H and O–H groups in total. The first-order chi connectivity index (χ1) is 7.29. The van der Waals surface area contributed by atoms with Gasteiger partial charge in [-0.2, -0.15) is 0 Å². The van der Waals surface area contributed by atoms with Crippen molar-refractivity contribution in [1.29, 1.82) is 0 Å². The number of rotatable bonds is 3. The van der Waals surface area contributed by atoms with Crippen LogP contribution >= 0.6 is 0 Å². The van der Waals surface area contributed by atoms with Crippen molar-refractivity contribution in [2.24, 2.45) is 11.7 Å². The minimum atomic E-state index is -0.145. The molecule has 16 heavy (non-hydrogen) atoms. The number of likely N-dealkylation sites (tertiary alicyclic amines) is 1. The molecule has 94 valence electrons. The summed E-state index contributed by atoms with van der Waals surface area (Å²) < 4.78 is 5.61. The molecule has 1 aliphatic rings. The lowest BCUT2D eigenvalue weighted by atomic mass is 9.94. The zero-order valence-corrected chi connectivity index (χ0v) is 10.8. The standard InChI is InChI=1S/C12H24N2O2/c1-9-7-11(15)14(8-10(9)13)5-6-16-12(2,3)4/h9-10H,5-8,13H2,1-4H3. The summed E-state index contributed by atoms with van der Waals surface area (Å²) in [6, 6.07) is 0.104. The molecule has 0 aliphatic carbocycles. The van der Waals surface area contributed by atoms with Gasteiger partial charge in [-0.25, -0.2) is 0 Å². The van der Waals surface area contributed by atoms with Gasteiger partial charge in [0.05, 0.1) is 12.2 Å². The smallest absolute Gasteiger partial charge is 0.223 e. The fourth-order valence-electron chi connectivity index (χ4n) is 1.77. The molecule has 1 amide bonds. The number of carbonyl (C=O) groups excluding carboxylic acids is 1. The first-order valence-electron chi connectivity index (χ1n) is 5.97. The second-order valence-electron chi connectivity index (χ2n) is 5.65. The number of hydrogen-bond acceptors (Lipinski definition) is 3. The molecule has 0 spiro atoms. The third kappa shape index (κ3) is 4.10. The van der Waals surface area contributed by atoms with Gasteiger partial charge in [-0.3, -0.25) is 4.79 Å². The number of amides is 1. The van der Waals surface area contributed by atoms with E-state index in [4.69, 9.17) is 10.5 Å². The molecule has 1 aliphatic heterocycles. The van der Waals surface area contributed by atoms with E-state index in [0.29, 0.717) is 32.0 Å². The predicted molar refractivity (Wildman–Crippen MR) is 64.0 cm³/mol. The molecule has 0 aromatic heterocycles. The summed E-state index contributed by atoms with van der Waals surface area (Å²) in [5.74, 6) is 0.499. The van der Waals surface area contributed by atoms with Crippen molar-refractivity contribution in [2.45, 2.75) is 45.8 Å². The Morgan fingerprint density at radius 2 is 2.12 bits per heavy atom. The van der Waals surface area contributed by atoms with E-state index >= 15 is 0 Å². The molecule has 4 heteroatoms. The third-order valence-electron chi connectivity index (χ3n) is 2.91. The summed E-state index contributed by atoms with van der Waals surface area (Å²) in [5, 5.41) is 0. The molecule has 1 rings (SSSR count). The lowest BCUT2D eigenvalue weighted by molar-refractivity contribution is -0.137. The molecule has 0 bridgehead atoms. The topological polar surface area (TPSA) is 55.6 Å². The molecule has 4 nitrogen and oxygen atoms in total. The Balaban J connectivity index is 2.34. The summed E-state index contributed by atoms with van der Waals surface area (Å²) in [5.41, 5.74) is 5.81. The van der Waals surface area contributed by atoms with Crippen LogP contribution < -0.4 is 5.73 Å². The van der Waals surface area contributed by atoms with E-state index in [9.17, 15) is 4.79 Å². The highest BCUT2D eigenvalue weighted by Crippen LogP contribution is 2.16. The van der Waals surface area contributed by atoms with Gasteiger partial charge < -0.3 is 15.4 Å². The van der Waals surface area contributed by atoms with Gasteiger partial charge in [0, 0.05) is 25.6 Å². The Kier molecular flexibility index (Phi) is 4.33. The highest BCUT2D eigenvalue weighted by atomic mass is 16.5. The Bertz CT molecular complexity index is 248. The van der Waals surface area contributed by atoms with Gasteiger partial charge in [-0.05, 0) is 26.7 Å². The van der Waals surface area contributed by atoms with Gasteiger partial charge in [0.2, 0.25) is 5.91 Å². The van der Waals surface area contributed by atoms with Crippen LogP contribution in [0.1, 0.15) is 34.1 Å². The van der Waals surface area contributed by atoms with Crippen molar-refractivity contribution in [2.75, 3.05) is 19.7 Å². The van der Waals surface area contributed by atoms with Gasteiger partial charge in [-0.15, -0.1) is 0 Å². The van der Waals surface area contributed by atoms with Gasteiger partial charge >= 0.3 is 0 Å². The van der Waals surface area contributed by atoms with Crippen molar-refractivity contribution in [3.63, 3.8) is 0 Å². The van der Waals surface area contributed by atoms with Crippen molar-refractivity contribution in [1.82, 2.24) is 4.90 Å². The van der Waals surface area contributed by atoms with Crippen LogP contribution in [0.2, 0.25) is 0 Å². The number of nitrogens with two attached hydrogens (primary N) is 1. The lowest BCUT2D eigenvalue weighted by Crippen LogP contribution is -2.51. The van der Waals surface area contributed by atoms with Crippen molar-refractivity contribution < 1.29 is 9.53 Å². The molecule has 2 unspecified atom stereocenters. The molecule has 0 saturated carbocycles. The van der Waals surface area contributed by atoms with E-state index in [2.05, 4.69) is 0 Å². The highest BCUT2D eigenvalue weighted by molar-refractivity contribution is 5.77. The van der Waals surface area contributed by atoms with Crippen LogP contribution in [0.3, 0.4) is 0 Å². The molecule has 0 aromatic carbocycles. The van der Waals surface area contributed by atoms with Crippen LogP contribution in [0.5, 0.6) is 0 Å². The van der Waals surface area contributed by atoms with Crippen LogP contribution in [0.15, 0.2) is 0 Å². The second-order valence-corrected chi connectivity index (χ2v) is 5.65. The van der Waals surface area contributed by atoms with Gasteiger partial charge in [0.25, 0.3) is 0 Å². The minimum Gasteiger partial charge on any atom is -0.374 e. The second kappa shape index (κ2) is 5.15. The fourth-order valence-corrected chi connectivity index (χ4v) is 1.77. The Labute approximate surface area is 98.1 Å². The van der Waals surface area contributed by atoms with Gasteiger partial charge in [-0.1, -0.05) is 6.92 Å². The average molecular weight is 228 g/mol. The van der Waals surface area contributed by atoms with Gasteiger partial charge in [0.1, 0.15) is 0 Å². The number of nitrogens with zero attached hydrogens (tertiary/aromatic N) is 1. The predicted octanol–water partition coefficient (Wildman–Crippen LogP) is 0.997. The molecule has 2 atom stereocenters. The van der Waals surface area contributed by atoms with Crippen LogP contribution in [0.4, 0.5) is 0 Å². The van der Waals surface area contributed by atoms with Crippen molar-refractivity contribution >= 4 is 5.91 Å². The van der Waals surface area contributed by atoms with Crippen LogP contribution in [0.25, 0.3) is 0 Å². The molecular weight excluding hydrogens is 204 g/mol. The zero-order valence-electron chi connectivity index (χ0n) is 10.8. The van der Waals surface area contributed by atoms with Crippen molar-refractivity contribution in [3.05, 3.63) is 0 Å². The molecule has 1 heterocycles. The zero-order chi connectivity index (χ0) is 12.3. The quantitative estimate of drug-likeness (QED) is 0.784. The summed E-state index contributed by atoms with van der Waals surface area (Å²) in [4.78, 5) is 13.5. The first kappa shape index (κ1) is 13.5. The SMILES string of the molecule is CC1CC(=O)N(CCOC(C)(C)C)CC1N. The Morgan fingerprint density at radius 1 is 1.50 bits per heavy atom. The van der Waals surface area contributed by atoms with Crippen LogP contribution in [0, 0.1) is 5.92 Å². The number of carbonyl (C=O) groups is 1. The fraction of sp³-hybridized carbons (Fsp3) is 0.917.